The van der Waals surface area contributed by atoms with Crippen LogP contribution in [0.3, 0.4) is 0 Å². The van der Waals surface area contributed by atoms with Gasteiger partial charge in [0.2, 0.25) is 0 Å². The molecule has 1 N–H and O–H groups in total. The molecule has 0 saturated carbocycles. The summed E-state index contributed by atoms with van der Waals surface area (Å²) in [5.41, 5.74) is 4.23. The molecule has 2 heterocycles. The van der Waals surface area contributed by atoms with Crippen LogP contribution >= 0.6 is 11.3 Å². The number of hydrogen-bond acceptors (Lipinski definition) is 3. The predicted octanol–water partition coefficient (Wildman–Crippen LogP) is 3.74. The molecule has 0 amide bonds. The number of nitrogens with zero attached hydrogens (tertiary/aromatic N) is 1. The number of thiophene rings is 1. The third-order valence-corrected chi connectivity index (χ3v) is 4.43. The van der Waals surface area contributed by atoms with Crippen molar-refractivity contribution >= 4 is 17.0 Å². The van der Waals surface area contributed by atoms with E-state index >= 15 is 0 Å². The quantitative estimate of drug-likeness (QED) is 0.912. The second kappa shape index (κ2) is 5.76. The Hall–Kier alpha value is -1.32. The first kappa shape index (κ1) is 12.7. The van der Waals surface area contributed by atoms with Gasteiger partial charge in [-0.15, -0.1) is 11.3 Å². The number of benzene rings is 1. The lowest BCUT2D eigenvalue weighted by atomic mass is 10.0. The zero-order valence-corrected chi connectivity index (χ0v) is 12.2. The van der Waals surface area contributed by atoms with Gasteiger partial charge in [-0.25, -0.2) is 0 Å². The molecule has 0 radical (unpaired) electrons. The highest BCUT2D eigenvalue weighted by Gasteiger charge is 2.10. The summed E-state index contributed by atoms with van der Waals surface area (Å²) in [6, 6.07) is 11.2. The summed E-state index contributed by atoms with van der Waals surface area (Å²) < 4.78 is 0. The van der Waals surface area contributed by atoms with E-state index in [4.69, 9.17) is 0 Å². The molecule has 1 aromatic carbocycles. The van der Waals surface area contributed by atoms with Crippen LogP contribution in [0, 0.1) is 0 Å². The Morgan fingerprint density at radius 3 is 3.05 bits per heavy atom. The van der Waals surface area contributed by atoms with Crippen LogP contribution in [0.5, 0.6) is 0 Å². The topological polar surface area (TPSA) is 15.3 Å². The number of rotatable bonds is 4. The first-order chi connectivity index (χ1) is 9.31. The van der Waals surface area contributed by atoms with Gasteiger partial charge >= 0.3 is 0 Å². The van der Waals surface area contributed by atoms with Gasteiger partial charge in [-0.1, -0.05) is 18.2 Å². The molecule has 0 fully saturated rings. The minimum atomic E-state index is 1.02. The summed E-state index contributed by atoms with van der Waals surface area (Å²) in [6.45, 7) is 3.17. The summed E-state index contributed by atoms with van der Waals surface area (Å²) >= 11 is 1.83. The SMILES string of the molecule is CN(Cc1ccc2c(c1)CCCN2)Cc1cccs1. The molecule has 0 spiro atoms. The highest BCUT2D eigenvalue weighted by molar-refractivity contribution is 7.09. The lowest BCUT2D eigenvalue weighted by molar-refractivity contribution is 0.322. The third kappa shape index (κ3) is 3.17. The molecule has 2 nitrogen and oxygen atoms in total. The molecule has 0 atom stereocenters. The monoisotopic (exact) mass is 272 g/mol. The van der Waals surface area contributed by atoms with Crippen molar-refractivity contribution in [1.82, 2.24) is 4.90 Å². The Morgan fingerprint density at radius 2 is 2.21 bits per heavy atom. The van der Waals surface area contributed by atoms with Gasteiger partial charge in [-0.2, -0.15) is 0 Å². The average molecular weight is 272 g/mol. The van der Waals surface area contributed by atoms with Crippen LogP contribution in [-0.4, -0.2) is 18.5 Å². The van der Waals surface area contributed by atoms with Gasteiger partial charge in [0.25, 0.3) is 0 Å². The Labute approximate surface area is 119 Å². The molecular formula is C16H20N2S. The number of aryl methyl sites for hydroxylation is 1. The molecule has 3 rings (SSSR count). The Morgan fingerprint density at radius 1 is 1.26 bits per heavy atom. The van der Waals surface area contributed by atoms with E-state index < -0.39 is 0 Å². The summed E-state index contributed by atoms with van der Waals surface area (Å²) in [4.78, 5) is 3.81. The van der Waals surface area contributed by atoms with Crippen molar-refractivity contribution in [2.75, 3.05) is 18.9 Å². The van der Waals surface area contributed by atoms with Crippen LogP contribution in [0.25, 0.3) is 0 Å². The first-order valence-corrected chi connectivity index (χ1v) is 7.76. The maximum absolute atomic E-state index is 3.47. The fourth-order valence-corrected chi connectivity index (χ4v) is 3.45. The predicted molar refractivity (Wildman–Crippen MR) is 82.7 cm³/mol. The van der Waals surface area contributed by atoms with E-state index in [-0.39, 0.29) is 0 Å². The van der Waals surface area contributed by atoms with Crippen LogP contribution in [0.1, 0.15) is 22.4 Å². The third-order valence-electron chi connectivity index (χ3n) is 3.57. The van der Waals surface area contributed by atoms with Crippen molar-refractivity contribution < 1.29 is 0 Å². The van der Waals surface area contributed by atoms with Crippen molar-refractivity contribution in [3.05, 3.63) is 51.7 Å². The number of fused-ring (bicyclic) bond motifs is 1. The minimum Gasteiger partial charge on any atom is -0.385 e. The van der Waals surface area contributed by atoms with Gasteiger partial charge in [-0.3, -0.25) is 4.90 Å². The number of hydrogen-bond donors (Lipinski definition) is 1. The zero-order chi connectivity index (χ0) is 13.1. The van der Waals surface area contributed by atoms with E-state index in [1.165, 1.54) is 34.5 Å². The highest BCUT2D eigenvalue weighted by Crippen LogP contribution is 2.23. The lowest BCUT2D eigenvalue weighted by Gasteiger charge is -2.21. The number of anilines is 1. The van der Waals surface area contributed by atoms with Gasteiger partial charge in [0.15, 0.2) is 0 Å². The molecule has 3 heteroatoms. The Kier molecular flexibility index (Phi) is 3.85. The van der Waals surface area contributed by atoms with Crippen molar-refractivity contribution in [3.63, 3.8) is 0 Å². The molecule has 1 aromatic heterocycles. The van der Waals surface area contributed by atoms with Gasteiger partial charge in [0.1, 0.15) is 0 Å². The van der Waals surface area contributed by atoms with Crippen LogP contribution in [0.15, 0.2) is 35.7 Å². The van der Waals surface area contributed by atoms with Gasteiger partial charge in [0.05, 0.1) is 0 Å². The van der Waals surface area contributed by atoms with E-state index in [9.17, 15) is 0 Å². The maximum Gasteiger partial charge on any atom is 0.0372 e. The van der Waals surface area contributed by atoms with E-state index in [0.29, 0.717) is 0 Å². The molecule has 0 unspecified atom stereocenters. The molecule has 0 aliphatic carbocycles. The van der Waals surface area contributed by atoms with Crippen LogP contribution in [-0.2, 0) is 19.5 Å². The summed E-state index contributed by atoms with van der Waals surface area (Å²) in [7, 11) is 2.19. The second-order valence-electron chi connectivity index (χ2n) is 5.27. The van der Waals surface area contributed by atoms with Crippen LogP contribution < -0.4 is 5.32 Å². The van der Waals surface area contributed by atoms with E-state index in [1.807, 2.05) is 11.3 Å². The standard InChI is InChI=1S/C16H20N2S/c1-18(12-15-5-3-9-19-15)11-13-6-7-16-14(10-13)4-2-8-17-16/h3,5-7,9-10,17H,2,4,8,11-12H2,1H3. The summed E-state index contributed by atoms with van der Waals surface area (Å²) in [6.07, 6.45) is 2.46. The normalized spacial score (nSPS) is 14.2. The summed E-state index contributed by atoms with van der Waals surface area (Å²) in [5, 5.41) is 5.61. The molecule has 1 aliphatic heterocycles. The van der Waals surface area contributed by atoms with Crippen molar-refractivity contribution in [1.29, 1.82) is 0 Å². The smallest absolute Gasteiger partial charge is 0.0372 e. The molecule has 19 heavy (non-hydrogen) atoms. The second-order valence-corrected chi connectivity index (χ2v) is 6.31. The Bertz CT molecular complexity index is 534. The maximum atomic E-state index is 3.47. The Balaban J connectivity index is 1.66. The molecular weight excluding hydrogens is 252 g/mol. The van der Waals surface area contributed by atoms with E-state index in [2.05, 4.69) is 53.0 Å². The molecule has 0 bridgehead atoms. The molecule has 0 saturated heterocycles. The fourth-order valence-electron chi connectivity index (χ4n) is 2.66. The highest BCUT2D eigenvalue weighted by atomic mass is 32.1. The van der Waals surface area contributed by atoms with Crippen LogP contribution in [0.2, 0.25) is 0 Å². The van der Waals surface area contributed by atoms with Crippen molar-refractivity contribution in [2.24, 2.45) is 0 Å². The lowest BCUT2D eigenvalue weighted by Crippen LogP contribution is -2.17. The average Bonchev–Trinajstić information content (AvgIpc) is 2.91. The zero-order valence-electron chi connectivity index (χ0n) is 11.4. The van der Waals surface area contributed by atoms with Gasteiger partial charge in [-0.05, 0) is 48.5 Å². The summed E-state index contributed by atoms with van der Waals surface area (Å²) in [5.74, 6) is 0. The first-order valence-electron chi connectivity index (χ1n) is 6.88. The van der Waals surface area contributed by atoms with Gasteiger partial charge in [0, 0.05) is 30.2 Å². The van der Waals surface area contributed by atoms with Crippen molar-refractivity contribution in [3.8, 4) is 0 Å². The van der Waals surface area contributed by atoms with Gasteiger partial charge < -0.3 is 5.32 Å². The molecule has 1 aliphatic rings. The van der Waals surface area contributed by atoms with E-state index in [1.54, 1.807) is 0 Å². The number of nitrogens with one attached hydrogen (secondary N) is 1. The fraction of sp³-hybridized carbons (Fsp3) is 0.375. The van der Waals surface area contributed by atoms with E-state index in [0.717, 1.165) is 19.6 Å². The minimum absolute atomic E-state index is 1.02. The molecule has 100 valence electrons. The van der Waals surface area contributed by atoms with Crippen molar-refractivity contribution in [2.45, 2.75) is 25.9 Å². The van der Waals surface area contributed by atoms with Crippen LogP contribution in [0.4, 0.5) is 5.69 Å². The largest absolute Gasteiger partial charge is 0.385 e. The molecule has 2 aromatic rings.